The number of rotatable bonds is 2. The normalized spacial score (nSPS) is 10.5. The summed E-state index contributed by atoms with van der Waals surface area (Å²) in [6, 6.07) is 2.44. The van der Waals surface area contributed by atoms with Crippen LogP contribution in [0.15, 0.2) is 18.5 Å². The zero-order chi connectivity index (χ0) is 12.6. The molecule has 0 saturated heterocycles. The zero-order valence-electron chi connectivity index (χ0n) is 8.59. The Hall–Kier alpha value is -1.66. The van der Waals surface area contributed by atoms with E-state index in [1.54, 1.807) is 6.92 Å². The molecule has 0 bridgehead atoms. The van der Waals surface area contributed by atoms with Gasteiger partial charge in [0.1, 0.15) is 17.8 Å². The Morgan fingerprint density at radius 2 is 1.94 bits per heavy atom. The van der Waals surface area contributed by atoms with E-state index < -0.39 is 4.92 Å². The number of non-ortho nitro benzene ring substituents is 1. The number of benzene rings is 1. The maximum Gasteiger partial charge on any atom is 0.272 e. The molecule has 88 valence electrons. The average Bonchev–Trinajstić information content (AvgIpc) is 2.63. The van der Waals surface area contributed by atoms with E-state index in [1.165, 1.54) is 23.1 Å². The van der Waals surface area contributed by atoms with Gasteiger partial charge in [0.25, 0.3) is 5.69 Å². The van der Waals surface area contributed by atoms with Crippen molar-refractivity contribution >= 4 is 28.9 Å². The molecular formula is C9H6Cl2N4O2. The third kappa shape index (κ3) is 2.22. The number of hydrogen-bond acceptors (Lipinski definition) is 4. The van der Waals surface area contributed by atoms with Gasteiger partial charge in [0.05, 0.1) is 15.0 Å². The number of aryl methyl sites for hydroxylation is 1. The Balaban J connectivity index is 2.60. The smallest absolute Gasteiger partial charge is 0.258 e. The minimum atomic E-state index is -0.561. The molecule has 0 aliphatic rings. The predicted octanol–water partition coefficient (Wildman–Crippen LogP) is 2.79. The average molecular weight is 273 g/mol. The van der Waals surface area contributed by atoms with Gasteiger partial charge in [-0.25, -0.2) is 9.67 Å². The minimum absolute atomic E-state index is 0.147. The van der Waals surface area contributed by atoms with Crippen LogP contribution >= 0.6 is 23.2 Å². The Labute approximate surface area is 106 Å². The first-order valence-corrected chi connectivity index (χ1v) is 5.26. The lowest BCUT2D eigenvalue weighted by Crippen LogP contribution is -1.99. The summed E-state index contributed by atoms with van der Waals surface area (Å²) in [6.07, 6.45) is 1.44. The molecule has 8 heteroatoms. The van der Waals surface area contributed by atoms with E-state index in [4.69, 9.17) is 23.2 Å². The maximum absolute atomic E-state index is 10.6. The molecule has 6 nitrogen and oxygen atoms in total. The van der Waals surface area contributed by atoms with Crippen LogP contribution in [-0.2, 0) is 0 Å². The highest BCUT2D eigenvalue weighted by Crippen LogP contribution is 2.32. The standard InChI is InChI=1S/C9H6Cl2N4O2/c1-5-12-4-14(13-5)9-7(10)2-6(15(16)17)3-8(9)11/h2-4H,1H3. The van der Waals surface area contributed by atoms with E-state index in [2.05, 4.69) is 10.1 Å². The third-order valence-corrected chi connectivity index (χ3v) is 2.62. The van der Waals surface area contributed by atoms with Crippen molar-refractivity contribution in [2.45, 2.75) is 6.92 Å². The van der Waals surface area contributed by atoms with Crippen molar-refractivity contribution in [3.63, 3.8) is 0 Å². The van der Waals surface area contributed by atoms with Gasteiger partial charge in [-0.1, -0.05) is 23.2 Å². The first-order valence-electron chi connectivity index (χ1n) is 4.51. The maximum atomic E-state index is 10.6. The van der Waals surface area contributed by atoms with Crippen LogP contribution < -0.4 is 0 Å². The van der Waals surface area contributed by atoms with Gasteiger partial charge in [-0.2, -0.15) is 5.10 Å². The van der Waals surface area contributed by atoms with Gasteiger partial charge in [0.2, 0.25) is 0 Å². The van der Waals surface area contributed by atoms with Crippen LogP contribution in [-0.4, -0.2) is 19.7 Å². The van der Waals surface area contributed by atoms with Crippen molar-refractivity contribution in [3.8, 4) is 5.69 Å². The molecule has 0 unspecified atom stereocenters. The van der Waals surface area contributed by atoms with Crippen LogP contribution in [0, 0.1) is 17.0 Å². The molecule has 0 spiro atoms. The highest BCUT2D eigenvalue weighted by molar-refractivity contribution is 6.38. The van der Waals surface area contributed by atoms with Gasteiger partial charge in [-0.3, -0.25) is 10.1 Å². The number of nitro groups is 1. The van der Waals surface area contributed by atoms with Crippen LogP contribution in [0.1, 0.15) is 5.82 Å². The van der Waals surface area contributed by atoms with Crippen molar-refractivity contribution in [2.24, 2.45) is 0 Å². The molecular weight excluding hydrogens is 267 g/mol. The van der Waals surface area contributed by atoms with Crippen molar-refractivity contribution in [2.75, 3.05) is 0 Å². The summed E-state index contributed by atoms with van der Waals surface area (Å²) in [5, 5.41) is 14.9. The Morgan fingerprint density at radius 1 is 1.35 bits per heavy atom. The molecule has 17 heavy (non-hydrogen) atoms. The van der Waals surface area contributed by atoms with Crippen LogP contribution in [0.5, 0.6) is 0 Å². The van der Waals surface area contributed by atoms with E-state index in [-0.39, 0.29) is 15.7 Å². The first-order chi connectivity index (χ1) is 7.99. The summed E-state index contributed by atoms with van der Waals surface area (Å²) in [5.74, 6) is 0.551. The molecule has 0 radical (unpaired) electrons. The summed E-state index contributed by atoms with van der Waals surface area (Å²) in [5.41, 5.74) is 0.208. The van der Waals surface area contributed by atoms with Crippen LogP contribution in [0.2, 0.25) is 10.0 Å². The van der Waals surface area contributed by atoms with Gasteiger partial charge in [-0.05, 0) is 6.92 Å². The van der Waals surface area contributed by atoms with E-state index in [1.807, 2.05) is 0 Å². The number of hydrogen-bond donors (Lipinski definition) is 0. The highest BCUT2D eigenvalue weighted by Gasteiger charge is 2.16. The van der Waals surface area contributed by atoms with Gasteiger partial charge in [0.15, 0.2) is 0 Å². The fourth-order valence-corrected chi connectivity index (χ4v) is 1.98. The second-order valence-electron chi connectivity index (χ2n) is 3.25. The molecule has 0 N–H and O–H groups in total. The van der Waals surface area contributed by atoms with Gasteiger partial charge in [0, 0.05) is 12.1 Å². The topological polar surface area (TPSA) is 73.8 Å². The summed E-state index contributed by atoms with van der Waals surface area (Å²) < 4.78 is 1.38. The van der Waals surface area contributed by atoms with Gasteiger partial charge < -0.3 is 0 Å². The van der Waals surface area contributed by atoms with Gasteiger partial charge >= 0.3 is 0 Å². The minimum Gasteiger partial charge on any atom is -0.258 e. The molecule has 0 aliphatic heterocycles. The number of aromatic nitrogens is 3. The number of nitro benzene ring substituents is 1. The molecule has 0 atom stereocenters. The Bertz CT molecular complexity index is 573. The van der Waals surface area contributed by atoms with Crippen LogP contribution in [0.3, 0.4) is 0 Å². The monoisotopic (exact) mass is 272 g/mol. The third-order valence-electron chi connectivity index (χ3n) is 2.05. The van der Waals surface area contributed by atoms with E-state index in [9.17, 15) is 10.1 Å². The van der Waals surface area contributed by atoms with Crippen molar-refractivity contribution in [1.82, 2.24) is 14.8 Å². The quantitative estimate of drug-likeness (QED) is 0.622. The van der Waals surface area contributed by atoms with Gasteiger partial charge in [-0.15, -0.1) is 0 Å². The summed E-state index contributed by atoms with van der Waals surface area (Å²) >= 11 is 11.9. The van der Waals surface area contributed by atoms with E-state index in [0.29, 0.717) is 11.5 Å². The number of halogens is 2. The van der Waals surface area contributed by atoms with E-state index in [0.717, 1.165) is 0 Å². The summed E-state index contributed by atoms with van der Waals surface area (Å²) in [6.45, 7) is 1.71. The highest BCUT2D eigenvalue weighted by atomic mass is 35.5. The summed E-state index contributed by atoms with van der Waals surface area (Å²) in [7, 11) is 0. The second kappa shape index (κ2) is 4.31. The molecule has 0 fully saturated rings. The Kier molecular flexibility index (Phi) is 2.99. The molecule has 1 aromatic heterocycles. The lowest BCUT2D eigenvalue weighted by Gasteiger charge is -2.05. The fraction of sp³-hybridized carbons (Fsp3) is 0.111. The fourth-order valence-electron chi connectivity index (χ4n) is 1.33. The predicted molar refractivity (Wildman–Crippen MR) is 62.8 cm³/mol. The van der Waals surface area contributed by atoms with E-state index >= 15 is 0 Å². The lowest BCUT2D eigenvalue weighted by atomic mass is 10.3. The molecule has 0 saturated carbocycles. The SMILES string of the molecule is Cc1ncn(-c2c(Cl)cc([N+](=O)[O-])cc2Cl)n1. The first kappa shape index (κ1) is 11.8. The van der Waals surface area contributed by atoms with Crippen molar-refractivity contribution in [1.29, 1.82) is 0 Å². The zero-order valence-corrected chi connectivity index (χ0v) is 10.1. The molecule has 0 aliphatic carbocycles. The number of nitrogens with zero attached hydrogens (tertiary/aromatic N) is 4. The Morgan fingerprint density at radius 3 is 2.35 bits per heavy atom. The molecule has 2 aromatic rings. The van der Waals surface area contributed by atoms with Crippen molar-refractivity contribution in [3.05, 3.63) is 44.4 Å². The molecule has 1 heterocycles. The largest absolute Gasteiger partial charge is 0.272 e. The molecule has 0 amide bonds. The van der Waals surface area contributed by atoms with Crippen LogP contribution in [0.4, 0.5) is 5.69 Å². The second-order valence-corrected chi connectivity index (χ2v) is 4.07. The summed E-state index contributed by atoms with van der Waals surface area (Å²) in [4.78, 5) is 14.0. The van der Waals surface area contributed by atoms with Crippen molar-refractivity contribution < 1.29 is 4.92 Å². The molecule has 2 rings (SSSR count). The van der Waals surface area contributed by atoms with Crippen LogP contribution in [0.25, 0.3) is 5.69 Å². The molecule has 1 aromatic carbocycles. The lowest BCUT2D eigenvalue weighted by molar-refractivity contribution is -0.384.